The van der Waals surface area contributed by atoms with Gasteiger partial charge in [-0.2, -0.15) is 0 Å². The van der Waals surface area contributed by atoms with E-state index in [1.807, 2.05) is 18.2 Å². The van der Waals surface area contributed by atoms with Crippen LogP contribution in [-0.2, 0) is 6.54 Å². The Morgan fingerprint density at radius 1 is 1.10 bits per heavy atom. The van der Waals surface area contributed by atoms with Gasteiger partial charge in [0.25, 0.3) is 0 Å². The fourth-order valence-corrected chi connectivity index (χ4v) is 1.94. The van der Waals surface area contributed by atoms with Crippen molar-refractivity contribution in [3.8, 4) is 11.5 Å². The largest absolute Gasteiger partial charge is 0.423 e. The van der Waals surface area contributed by atoms with Gasteiger partial charge in [-0.05, 0) is 36.4 Å². The van der Waals surface area contributed by atoms with E-state index in [9.17, 15) is 8.78 Å². The summed E-state index contributed by atoms with van der Waals surface area (Å²) in [5.41, 5.74) is 1.75. The van der Waals surface area contributed by atoms with Crippen LogP contribution in [-0.4, -0.2) is 10.2 Å². The highest BCUT2D eigenvalue weighted by Crippen LogP contribution is 2.21. The van der Waals surface area contributed by atoms with Crippen molar-refractivity contribution in [3.63, 3.8) is 0 Å². The van der Waals surface area contributed by atoms with E-state index in [1.165, 1.54) is 12.5 Å². The molecule has 0 bridgehead atoms. The van der Waals surface area contributed by atoms with Crippen LogP contribution >= 0.6 is 0 Å². The third kappa shape index (κ3) is 3.05. The summed E-state index contributed by atoms with van der Waals surface area (Å²) in [6.07, 6.45) is 1.25. The zero-order chi connectivity index (χ0) is 14.7. The highest BCUT2D eigenvalue weighted by molar-refractivity contribution is 5.60. The average Bonchev–Trinajstić information content (AvgIpc) is 3.03. The molecular weight excluding hydrogens is 276 g/mol. The van der Waals surface area contributed by atoms with Gasteiger partial charge in [0.05, 0.1) is 0 Å². The number of halogens is 2. The van der Waals surface area contributed by atoms with E-state index in [-0.39, 0.29) is 12.1 Å². The van der Waals surface area contributed by atoms with Crippen LogP contribution in [0.25, 0.3) is 11.5 Å². The minimum absolute atomic E-state index is 0.177. The molecule has 106 valence electrons. The van der Waals surface area contributed by atoms with Gasteiger partial charge in [0.2, 0.25) is 12.3 Å². The van der Waals surface area contributed by atoms with Gasteiger partial charge in [-0.15, -0.1) is 10.2 Å². The van der Waals surface area contributed by atoms with Gasteiger partial charge in [-0.3, -0.25) is 0 Å². The molecule has 0 aliphatic rings. The normalized spacial score (nSPS) is 10.6. The maximum atomic E-state index is 13.5. The predicted octanol–water partition coefficient (Wildman–Crippen LogP) is 3.63. The Labute approximate surface area is 119 Å². The first-order chi connectivity index (χ1) is 10.2. The summed E-state index contributed by atoms with van der Waals surface area (Å²) >= 11 is 0. The zero-order valence-corrected chi connectivity index (χ0v) is 10.9. The molecule has 21 heavy (non-hydrogen) atoms. The van der Waals surface area contributed by atoms with Crippen molar-refractivity contribution >= 4 is 5.69 Å². The quantitative estimate of drug-likeness (QED) is 0.796. The molecule has 0 aliphatic carbocycles. The average molecular weight is 287 g/mol. The standard InChI is InChI=1S/C15H11F2N3O/c16-12-4-5-14(17)11(6-12)8-18-13-3-1-2-10(7-13)15-20-19-9-21-15/h1-7,9,18H,8H2. The van der Waals surface area contributed by atoms with Gasteiger partial charge in [-0.25, -0.2) is 8.78 Å². The number of rotatable bonds is 4. The maximum absolute atomic E-state index is 13.5. The summed E-state index contributed by atoms with van der Waals surface area (Å²) in [6.45, 7) is 0.177. The molecule has 0 spiro atoms. The second-order valence-electron chi connectivity index (χ2n) is 4.41. The van der Waals surface area contributed by atoms with Crippen molar-refractivity contribution in [3.05, 3.63) is 66.1 Å². The molecule has 3 aromatic rings. The molecule has 4 nitrogen and oxygen atoms in total. The van der Waals surface area contributed by atoms with Crippen LogP contribution in [0.4, 0.5) is 14.5 Å². The van der Waals surface area contributed by atoms with Crippen molar-refractivity contribution in [2.24, 2.45) is 0 Å². The molecule has 1 heterocycles. The summed E-state index contributed by atoms with van der Waals surface area (Å²) in [5, 5.41) is 10.5. The molecule has 1 N–H and O–H groups in total. The zero-order valence-electron chi connectivity index (χ0n) is 10.9. The van der Waals surface area contributed by atoms with Gasteiger partial charge in [0, 0.05) is 23.4 Å². The molecule has 0 radical (unpaired) electrons. The molecule has 1 aromatic heterocycles. The van der Waals surface area contributed by atoms with E-state index < -0.39 is 11.6 Å². The lowest BCUT2D eigenvalue weighted by atomic mass is 10.1. The van der Waals surface area contributed by atoms with Crippen molar-refractivity contribution in [2.45, 2.75) is 6.54 Å². The van der Waals surface area contributed by atoms with Gasteiger partial charge in [0.1, 0.15) is 11.6 Å². The second-order valence-corrected chi connectivity index (χ2v) is 4.41. The van der Waals surface area contributed by atoms with Crippen molar-refractivity contribution < 1.29 is 13.2 Å². The van der Waals surface area contributed by atoms with Gasteiger partial charge >= 0.3 is 0 Å². The first-order valence-electron chi connectivity index (χ1n) is 6.27. The highest BCUT2D eigenvalue weighted by atomic mass is 19.1. The summed E-state index contributed by atoms with van der Waals surface area (Å²) < 4.78 is 31.7. The van der Waals surface area contributed by atoms with Gasteiger partial charge in [-0.1, -0.05) is 6.07 Å². The summed E-state index contributed by atoms with van der Waals surface area (Å²) in [6, 6.07) is 10.6. The van der Waals surface area contributed by atoms with E-state index in [1.54, 1.807) is 6.07 Å². The van der Waals surface area contributed by atoms with E-state index in [0.29, 0.717) is 5.89 Å². The Balaban J connectivity index is 1.76. The number of anilines is 1. The Hall–Kier alpha value is -2.76. The van der Waals surface area contributed by atoms with Gasteiger partial charge in [0.15, 0.2) is 0 Å². The lowest BCUT2D eigenvalue weighted by Crippen LogP contribution is -2.02. The molecule has 0 saturated carbocycles. The van der Waals surface area contributed by atoms with E-state index >= 15 is 0 Å². The topological polar surface area (TPSA) is 51.0 Å². The Morgan fingerprint density at radius 3 is 2.81 bits per heavy atom. The van der Waals surface area contributed by atoms with Crippen LogP contribution in [0.1, 0.15) is 5.56 Å². The molecule has 0 amide bonds. The van der Waals surface area contributed by atoms with E-state index in [2.05, 4.69) is 15.5 Å². The second kappa shape index (κ2) is 5.70. The lowest BCUT2D eigenvalue weighted by Gasteiger charge is -2.08. The first kappa shape index (κ1) is 13.2. The molecule has 0 aliphatic heterocycles. The minimum Gasteiger partial charge on any atom is -0.423 e. The highest BCUT2D eigenvalue weighted by Gasteiger charge is 2.06. The SMILES string of the molecule is Fc1ccc(F)c(CNc2cccc(-c3nnco3)c2)c1. The molecule has 3 rings (SSSR count). The van der Waals surface area contributed by atoms with Crippen molar-refractivity contribution in [2.75, 3.05) is 5.32 Å². The summed E-state index contributed by atoms with van der Waals surface area (Å²) in [4.78, 5) is 0. The third-order valence-electron chi connectivity index (χ3n) is 2.96. The Morgan fingerprint density at radius 2 is 2.00 bits per heavy atom. The van der Waals surface area contributed by atoms with E-state index in [0.717, 1.165) is 23.4 Å². The molecule has 6 heteroatoms. The smallest absolute Gasteiger partial charge is 0.247 e. The fourth-order valence-electron chi connectivity index (χ4n) is 1.94. The Kier molecular flexibility index (Phi) is 3.59. The van der Waals surface area contributed by atoms with Crippen LogP contribution < -0.4 is 5.32 Å². The summed E-state index contributed by atoms with van der Waals surface area (Å²) in [5.74, 6) is -0.514. The number of aromatic nitrogens is 2. The minimum atomic E-state index is -0.465. The summed E-state index contributed by atoms with van der Waals surface area (Å²) in [7, 11) is 0. The molecular formula is C15H11F2N3O. The van der Waals surface area contributed by atoms with Gasteiger partial charge < -0.3 is 9.73 Å². The molecule has 2 aromatic carbocycles. The molecule has 0 saturated heterocycles. The number of nitrogens with one attached hydrogen (secondary N) is 1. The number of hydrogen-bond acceptors (Lipinski definition) is 4. The molecule has 0 atom stereocenters. The fraction of sp³-hybridized carbons (Fsp3) is 0.0667. The van der Waals surface area contributed by atoms with Crippen LogP contribution in [0.15, 0.2) is 53.3 Å². The van der Waals surface area contributed by atoms with Crippen LogP contribution in [0.3, 0.4) is 0 Å². The van der Waals surface area contributed by atoms with Crippen LogP contribution in [0.2, 0.25) is 0 Å². The van der Waals surface area contributed by atoms with Crippen LogP contribution in [0, 0.1) is 11.6 Å². The Bertz CT molecular complexity index is 744. The molecule has 0 unspecified atom stereocenters. The number of benzene rings is 2. The van der Waals surface area contributed by atoms with Crippen molar-refractivity contribution in [1.82, 2.24) is 10.2 Å². The van der Waals surface area contributed by atoms with Crippen molar-refractivity contribution in [1.29, 1.82) is 0 Å². The predicted molar refractivity (Wildman–Crippen MR) is 73.4 cm³/mol. The third-order valence-corrected chi connectivity index (χ3v) is 2.96. The first-order valence-corrected chi connectivity index (χ1v) is 6.27. The molecule has 0 fully saturated rings. The lowest BCUT2D eigenvalue weighted by molar-refractivity contribution is 0.568. The van der Waals surface area contributed by atoms with Crippen LogP contribution in [0.5, 0.6) is 0 Å². The monoisotopic (exact) mass is 287 g/mol. The number of nitrogens with zero attached hydrogens (tertiary/aromatic N) is 2. The van der Waals surface area contributed by atoms with E-state index in [4.69, 9.17) is 4.42 Å². The number of hydrogen-bond donors (Lipinski definition) is 1. The maximum Gasteiger partial charge on any atom is 0.247 e.